The number of benzene rings is 1. The number of aryl methyl sites for hydroxylation is 1. The van der Waals surface area contributed by atoms with Gasteiger partial charge in [-0.15, -0.1) is 24.8 Å². The van der Waals surface area contributed by atoms with Crippen molar-refractivity contribution in [2.75, 3.05) is 31.6 Å². The van der Waals surface area contributed by atoms with E-state index in [0.717, 1.165) is 43.3 Å². The Morgan fingerprint density at radius 1 is 1.16 bits per heavy atom. The molecule has 5 nitrogen and oxygen atoms in total. The number of anilines is 1. The number of rotatable bonds is 5. The second kappa shape index (κ2) is 10.4. The predicted octanol–water partition coefficient (Wildman–Crippen LogP) is 2.95. The van der Waals surface area contributed by atoms with Gasteiger partial charge in [-0.3, -0.25) is 0 Å². The number of hydrogen-bond acceptors (Lipinski definition) is 5. The summed E-state index contributed by atoms with van der Waals surface area (Å²) in [5.41, 5.74) is 2.28. The number of hydrogen-bond donors (Lipinski definition) is 2. The number of ether oxygens (including phenoxy) is 1. The van der Waals surface area contributed by atoms with E-state index in [4.69, 9.17) is 4.74 Å². The maximum absolute atomic E-state index is 13.5. The summed E-state index contributed by atoms with van der Waals surface area (Å²) >= 11 is 0. The minimum absolute atomic E-state index is 0. The molecule has 25 heavy (non-hydrogen) atoms. The summed E-state index contributed by atoms with van der Waals surface area (Å²) in [5.74, 6) is 1.57. The van der Waals surface area contributed by atoms with Crippen molar-refractivity contribution in [3.63, 3.8) is 0 Å². The molecular formula is C17H23Cl2FN4O. The Morgan fingerprint density at radius 2 is 1.92 bits per heavy atom. The van der Waals surface area contributed by atoms with Crippen LogP contribution in [0, 0.1) is 12.7 Å². The smallest absolute Gasteiger partial charge is 0.165 e. The molecule has 0 unspecified atom stereocenters. The molecule has 0 radical (unpaired) electrons. The number of aromatic nitrogens is 2. The summed E-state index contributed by atoms with van der Waals surface area (Å²) in [7, 11) is 0. The lowest BCUT2D eigenvalue weighted by atomic mass is 10.1. The zero-order valence-electron chi connectivity index (χ0n) is 14.0. The zero-order chi connectivity index (χ0) is 16.1. The molecule has 0 atom stereocenters. The highest BCUT2D eigenvalue weighted by molar-refractivity contribution is 5.85. The van der Waals surface area contributed by atoms with Crippen molar-refractivity contribution in [2.24, 2.45) is 0 Å². The normalized spacial score (nSPS) is 12.9. The number of nitrogens with zero attached hydrogens (tertiary/aromatic N) is 2. The van der Waals surface area contributed by atoms with Crippen LogP contribution < -0.4 is 15.4 Å². The van der Waals surface area contributed by atoms with Gasteiger partial charge in [-0.1, -0.05) is 12.1 Å². The Bertz CT molecular complexity index is 688. The Hall–Kier alpha value is -1.63. The monoisotopic (exact) mass is 388 g/mol. The first-order valence-electron chi connectivity index (χ1n) is 7.92. The molecule has 0 saturated heterocycles. The SMILES string of the molecule is Cc1nc2c(c(NCCOc3ccccc3F)n1)CCNCC2.Cl.Cl. The van der Waals surface area contributed by atoms with E-state index in [1.165, 1.54) is 11.6 Å². The largest absolute Gasteiger partial charge is 0.489 e. The molecule has 138 valence electrons. The summed E-state index contributed by atoms with van der Waals surface area (Å²) in [6.45, 7) is 4.71. The van der Waals surface area contributed by atoms with Crippen LogP contribution in [0.5, 0.6) is 5.75 Å². The van der Waals surface area contributed by atoms with Gasteiger partial charge in [0.15, 0.2) is 11.6 Å². The maximum atomic E-state index is 13.5. The Kier molecular flexibility index (Phi) is 8.89. The topological polar surface area (TPSA) is 59.1 Å². The van der Waals surface area contributed by atoms with Crippen LogP contribution in [0.3, 0.4) is 0 Å². The van der Waals surface area contributed by atoms with Crippen LogP contribution in [0.15, 0.2) is 24.3 Å². The molecule has 0 fully saturated rings. The zero-order valence-corrected chi connectivity index (χ0v) is 15.7. The fourth-order valence-corrected chi connectivity index (χ4v) is 2.71. The van der Waals surface area contributed by atoms with Crippen molar-refractivity contribution in [1.82, 2.24) is 15.3 Å². The molecule has 3 rings (SSSR count). The van der Waals surface area contributed by atoms with E-state index in [9.17, 15) is 4.39 Å². The molecule has 0 spiro atoms. The highest BCUT2D eigenvalue weighted by Crippen LogP contribution is 2.19. The molecule has 2 aromatic rings. The van der Waals surface area contributed by atoms with Gasteiger partial charge in [-0.05, 0) is 32.0 Å². The van der Waals surface area contributed by atoms with Gasteiger partial charge in [-0.2, -0.15) is 0 Å². The third kappa shape index (κ3) is 5.70. The van der Waals surface area contributed by atoms with E-state index >= 15 is 0 Å². The lowest BCUT2D eigenvalue weighted by molar-refractivity contribution is 0.315. The van der Waals surface area contributed by atoms with Gasteiger partial charge in [0.25, 0.3) is 0 Å². The van der Waals surface area contributed by atoms with Crippen molar-refractivity contribution < 1.29 is 9.13 Å². The standard InChI is InChI=1S/C17H21FN4O.2ClH/c1-12-21-15-7-9-19-8-6-13(15)17(22-12)20-10-11-23-16-5-3-2-4-14(16)18;;/h2-5,19H,6-11H2,1H3,(H,20,21,22);2*1H. The lowest BCUT2D eigenvalue weighted by Crippen LogP contribution is -2.17. The summed E-state index contributed by atoms with van der Waals surface area (Å²) in [6, 6.07) is 6.42. The van der Waals surface area contributed by atoms with E-state index in [0.29, 0.717) is 13.2 Å². The average Bonchev–Trinajstić information content (AvgIpc) is 2.78. The first-order valence-corrected chi connectivity index (χ1v) is 7.92. The molecule has 2 N–H and O–H groups in total. The van der Waals surface area contributed by atoms with Crippen molar-refractivity contribution in [2.45, 2.75) is 19.8 Å². The van der Waals surface area contributed by atoms with Crippen molar-refractivity contribution >= 4 is 30.6 Å². The lowest BCUT2D eigenvalue weighted by Gasteiger charge is -2.14. The second-order valence-electron chi connectivity index (χ2n) is 5.50. The van der Waals surface area contributed by atoms with Crippen LogP contribution in [-0.4, -0.2) is 36.2 Å². The summed E-state index contributed by atoms with van der Waals surface area (Å²) in [4.78, 5) is 9.06. The molecule has 0 amide bonds. The molecule has 0 saturated carbocycles. The Morgan fingerprint density at radius 3 is 2.72 bits per heavy atom. The molecule has 1 aromatic heterocycles. The minimum Gasteiger partial charge on any atom is -0.489 e. The molecule has 8 heteroatoms. The quantitative estimate of drug-likeness (QED) is 0.771. The van der Waals surface area contributed by atoms with E-state index in [-0.39, 0.29) is 36.4 Å². The van der Waals surface area contributed by atoms with Gasteiger partial charge in [-0.25, -0.2) is 14.4 Å². The van der Waals surface area contributed by atoms with Crippen molar-refractivity contribution in [1.29, 1.82) is 0 Å². The van der Waals surface area contributed by atoms with Gasteiger partial charge in [0.05, 0.1) is 12.2 Å². The van der Waals surface area contributed by atoms with Crippen LogP contribution in [0.25, 0.3) is 0 Å². The van der Waals surface area contributed by atoms with Crippen molar-refractivity contribution in [3.8, 4) is 5.75 Å². The van der Waals surface area contributed by atoms with Crippen molar-refractivity contribution in [3.05, 3.63) is 47.2 Å². The average molecular weight is 389 g/mol. The highest BCUT2D eigenvalue weighted by atomic mass is 35.5. The maximum Gasteiger partial charge on any atom is 0.165 e. The molecule has 1 aromatic carbocycles. The summed E-state index contributed by atoms with van der Waals surface area (Å²) in [5, 5.41) is 6.68. The molecule has 1 aliphatic rings. The van der Waals surface area contributed by atoms with Gasteiger partial charge in [0, 0.05) is 18.5 Å². The fraction of sp³-hybridized carbons (Fsp3) is 0.412. The van der Waals surface area contributed by atoms with Crippen LogP contribution in [0.4, 0.5) is 10.2 Å². The number of halogens is 3. The van der Waals surface area contributed by atoms with Crippen LogP contribution in [-0.2, 0) is 12.8 Å². The molecule has 2 heterocycles. The predicted molar refractivity (Wildman–Crippen MR) is 102 cm³/mol. The number of nitrogens with one attached hydrogen (secondary N) is 2. The molecule has 1 aliphatic heterocycles. The van der Waals surface area contributed by atoms with Gasteiger partial charge in [0.1, 0.15) is 18.2 Å². The molecule has 0 aliphatic carbocycles. The van der Waals surface area contributed by atoms with Crippen LogP contribution in [0.2, 0.25) is 0 Å². The summed E-state index contributed by atoms with van der Waals surface area (Å²) in [6.07, 6.45) is 1.82. The van der Waals surface area contributed by atoms with E-state index in [2.05, 4.69) is 20.6 Å². The Labute approximate surface area is 159 Å². The molecule has 0 bridgehead atoms. The number of para-hydroxylation sites is 1. The summed E-state index contributed by atoms with van der Waals surface area (Å²) < 4.78 is 19.0. The first kappa shape index (κ1) is 21.4. The third-order valence-corrected chi connectivity index (χ3v) is 3.78. The van der Waals surface area contributed by atoms with Gasteiger partial charge < -0.3 is 15.4 Å². The minimum atomic E-state index is -0.342. The van der Waals surface area contributed by atoms with Crippen LogP contribution >= 0.6 is 24.8 Å². The highest BCUT2D eigenvalue weighted by Gasteiger charge is 2.15. The van der Waals surface area contributed by atoms with Gasteiger partial charge >= 0.3 is 0 Å². The van der Waals surface area contributed by atoms with Gasteiger partial charge in [0.2, 0.25) is 0 Å². The number of fused-ring (bicyclic) bond motifs is 1. The van der Waals surface area contributed by atoms with Crippen LogP contribution in [0.1, 0.15) is 17.1 Å². The van der Waals surface area contributed by atoms with E-state index < -0.39 is 0 Å². The van der Waals surface area contributed by atoms with E-state index in [1.807, 2.05) is 6.92 Å². The fourth-order valence-electron chi connectivity index (χ4n) is 2.71. The molecular weight excluding hydrogens is 366 g/mol. The first-order chi connectivity index (χ1) is 11.2. The van der Waals surface area contributed by atoms with E-state index in [1.54, 1.807) is 18.2 Å². The third-order valence-electron chi connectivity index (χ3n) is 3.78. The second-order valence-corrected chi connectivity index (χ2v) is 5.50. The Balaban J connectivity index is 0.00000156.